The van der Waals surface area contributed by atoms with Gasteiger partial charge in [0.25, 0.3) is 0 Å². The molecule has 1 saturated carbocycles. The van der Waals surface area contributed by atoms with Gasteiger partial charge in [-0.05, 0) is 19.3 Å². The van der Waals surface area contributed by atoms with Gasteiger partial charge in [-0.15, -0.1) is 0 Å². The van der Waals surface area contributed by atoms with Crippen molar-refractivity contribution in [1.29, 1.82) is 0 Å². The standard InChI is InChI=1S/C9H16O2/c1-2-6-11-7-5-9(10)8-3-4-8/h8H,2-7H2,1H3. The first-order chi connectivity index (χ1) is 5.34. The van der Waals surface area contributed by atoms with E-state index in [-0.39, 0.29) is 0 Å². The molecular formula is C9H16O2. The van der Waals surface area contributed by atoms with E-state index in [1.54, 1.807) is 0 Å². The Balaban J connectivity index is 1.89. The highest BCUT2D eigenvalue weighted by molar-refractivity contribution is 5.83. The number of carbonyl (C=O) groups is 1. The second-order valence-electron chi connectivity index (χ2n) is 3.10. The van der Waals surface area contributed by atoms with Crippen molar-refractivity contribution in [2.24, 2.45) is 5.92 Å². The molecule has 0 unspecified atom stereocenters. The fraction of sp³-hybridized carbons (Fsp3) is 0.889. The van der Waals surface area contributed by atoms with Gasteiger partial charge < -0.3 is 4.74 Å². The molecule has 1 rings (SSSR count). The monoisotopic (exact) mass is 156 g/mol. The Labute approximate surface area is 67.9 Å². The summed E-state index contributed by atoms with van der Waals surface area (Å²) >= 11 is 0. The molecule has 0 aromatic heterocycles. The van der Waals surface area contributed by atoms with Gasteiger partial charge >= 0.3 is 0 Å². The van der Waals surface area contributed by atoms with Crippen molar-refractivity contribution in [3.05, 3.63) is 0 Å². The normalized spacial score (nSPS) is 16.8. The molecule has 0 spiro atoms. The van der Waals surface area contributed by atoms with Gasteiger partial charge in [0, 0.05) is 18.9 Å². The molecule has 1 fully saturated rings. The summed E-state index contributed by atoms with van der Waals surface area (Å²) in [6.07, 6.45) is 3.90. The Bertz CT molecular complexity index is 128. The van der Waals surface area contributed by atoms with E-state index in [2.05, 4.69) is 6.92 Å². The van der Waals surface area contributed by atoms with Crippen LogP contribution in [-0.4, -0.2) is 19.0 Å². The third-order valence-electron chi connectivity index (χ3n) is 1.87. The molecule has 2 heteroatoms. The number of rotatable bonds is 6. The first-order valence-electron chi connectivity index (χ1n) is 4.45. The number of hydrogen-bond acceptors (Lipinski definition) is 2. The molecule has 0 radical (unpaired) electrons. The van der Waals surface area contributed by atoms with Crippen molar-refractivity contribution < 1.29 is 9.53 Å². The smallest absolute Gasteiger partial charge is 0.138 e. The average Bonchev–Trinajstić information content (AvgIpc) is 2.79. The van der Waals surface area contributed by atoms with Crippen LogP contribution in [0.3, 0.4) is 0 Å². The molecule has 2 nitrogen and oxygen atoms in total. The quantitative estimate of drug-likeness (QED) is 0.548. The Morgan fingerprint density at radius 3 is 2.73 bits per heavy atom. The average molecular weight is 156 g/mol. The van der Waals surface area contributed by atoms with Crippen molar-refractivity contribution in [1.82, 2.24) is 0 Å². The molecule has 0 aromatic rings. The summed E-state index contributed by atoms with van der Waals surface area (Å²) in [5, 5.41) is 0. The summed E-state index contributed by atoms with van der Waals surface area (Å²) in [4.78, 5) is 11.1. The van der Waals surface area contributed by atoms with E-state index in [1.165, 1.54) is 0 Å². The lowest BCUT2D eigenvalue weighted by Crippen LogP contribution is -2.06. The maximum Gasteiger partial charge on any atom is 0.138 e. The van der Waals surface area contributed by atoms with Gasteiger partial charge in [-0.3, -0.25) is 4.79 Å². The third-order valence-corrected chi connectivity index (χ3v) is 1.87. The number of hydrogen-bond donors (Lipinski definition) is 0. The van der Waals surface area contributed by atoms with Crippen LogP contribution in [0, 0.1) is 5.92 Å². The molecule has 0 aromatic carbocycles. The molecule has 0 amide bonds. The SMILES string of the molecule is CCCOCCC(=O)C1CC1. The molecule has 1 aliphatic carbocycles. The van der Waals surface area contributed by atoms with Crippen LogP contribution in [0.2, 0.25) is 0 Å². The summed E-state index contributed by atoms with van der Waals surface area (Å²) in [5.74, 6) is 0.807. The molecule has 0 N–H and O–H groups in total. The fourth-order valence-electron chi connectivity index (χ4n) is 1.03. The molecule has 11 heavy (non-hydrogen) atoms. The minimum Gasteiger partial charge on any atom is -0.381 e. The van der Waals surface area contributed by atoms with Crippen LogP contribution in [0.25, 0.3) is 0 Å². The molecule has 0 atom stereocenters. The van der Waals surface area contributed by atoms with E-state index in [0.717, 1.165) is 25.9 Å². The molecular weight excluding hydrogens is 140 g/mol. The van der Waals surface area contributed by atoms with Crippen LogP contribution in [0.4, 0.5) is 0 Å². The van der Waals surface area contributed by atoms with Crippen molar-refractivity contribution in [2.45, 2.75) is 32.6 Å². The molecule has 0 heterocycles. The van der Waals surface area contributed by atoms with Crippen LogP contribution in [0.5, 0.6) is 0 Å². The third kappa shape index (κ3) is 3.51. The Hall–Kier alpha value is -0.370. The lowest BCUT2D eigenvalue weighted by atomic mass is 10.2. The molecule has 0 bridgehead atoms. The van der Waals surface area contributed by atoms with E-state index < -0.39 is 0 Å². The predicted octanol–water partition coefficient (Wildman–Crippen LogP) is 1.78. The molecule has 1 aliphatic rings. The fourth-order valence-corrected chi connectivity index (χ4v) is 1.03. The van der Waals surface area contributed by atoms with Gasteiger partial charge in [-0.25, -0.2) is 0 Å². The summed E-state index contributed by atoms with van der Waals surface area (Å²) in [5.41, 5.74) is 0. The first-order valence-corrected chi connectivity index (χ1v) is 4.45. The van der Waals surface area contributed by atoms with Crippen molar-refractivity contribution in [2.75, 3.05) is 13.2 Å². The maximum atomic E-state index is 11.1. The summed E-state index contributed by atoms with van der Waals surface area (Å²) in [7, 11) is 0. The Morgan fingerprint density at radius 1 is 1.45 bits per heavy atom. The van der Waals surface area contributed by atoms with Crippen LogP contribution in [0.15, 0.2) is 0 Å². The van der Waals surface area contributed by atoms with Gasteiger partial charge in [0.1, 0.15) is 5.78 Å². The van der Waals surface area contributed by atoms with E-state index in [4.69, 9.17) is 4.74 Å². The van der Waals surface area contributed by atoms with Gasteiger partial charge in [0.2, 0.25) is 0 Å². The minimum absolute atomic E-state index is 0.403. The Kier molecular flexibility index (Phi) is 3.57. The number of ketones is 1. The molecule has 0 aliphatic heterocycles. The topological polar surface area (TPSA) is 26.3 Å². The zero-order valence-electron chi connectivity index (χ0n) is 7.14. The second kappa shape index (κ2) is 4.50. The zero-order valence-corrected chi connectivity index (χ0v) is 7.14. The first kappa shape index (κ1) is 8.72. The van der Waals surface area contributed by atoms with Crippen molar-refractivity contribution in [3.63, 3.8) is 0 Å². The lowest BCUT2D eigenvalue weighted by molar-refractivity contribution is -0.121. The highest BCUT2D eigenvalue weighted by Crippen LogP contribution is 2.30. The van der Waals surface area contributed by atoms with Gasteiger partial charge in [0.15, 0.2) is 0 Å². The van der Waals surface area contributed by atoms with E-state index >= 15 is 0 Å². The van der Waals surface area contributed by atoms with E-state index in [0.29, 0.717) is 24.7 Å². The van der Waals surface area contributed by atoms with Crippen molar-refractivity contribution >= 4 is 5.78 Å². The van der Waals surface area contributed by atoms with Crippen molar-refractivity contribution in [3.8, 4) is 0 Å². The lowest BCUT2D eigenvalue weighted by Gasteiger charge is -1.99. The number of carbonyl (C=O) groups excluding carboxylic acids is 1. The maximum absolute atomic E-state index is 11.1. The van der Waals surface area contributed by atoms with Gasteiger partial charge in [-0.2, -0.15) is 0 Å². The number of ether oxygens (including phenoxy) is 1. The van der Waals surface area contributed by atoms with Gasteiger partial charge in [0.05, 0.1) is 6.61 Å². The molecule has 0 saturated heterocycles. The van der Waals surface area contributed by atoms with Crippen LogP contribution >= 0.6 is 0 Å². The summed E-state index contributed by atoms with van der Waals surface area (Å²) < 4.78 is 5.21. The predicted molar refractivity (Wildman–Crippen MR) is 43.5 cm³/mol. The number of Topliss-reactive ketones (excluding diaryl/α,β-unsaturated/α-hetero) is 1. The molecule has 64 valence electrons. The summed E-state index contributed by atoms with van der Waals surface area (Å²) in [6, 6.07) is 0. The largest absolute Gasteiger partial charge is 0.381 e. The van der Waals surface area contributed by atoms with E-state index in [9.17, 15) is 4.79 Å². The van der Waals surface area contributed by atoms with Gasteiger partial charge in [-0.1, -0.05) is 6.92 Å². The summed E-state index contributed by atoms with van der Waals surface area (Å²) in [6.45, 7) is 3.49. The highest BCUT2D eigenvalue weighted by Gasteiger charge is 2.28. The second-order valence-corrected chi connectivity index (χ2v) is 3.10. The highest BCUT2D eigenvalue weighted by atomic mass is 16.5. The minimum atomic E-state index is 0.403. The zero-order chi connectivity index (χ0) is 8.10. The Morgan fingerprint density at radius 2 is 2.18 bits per heavy atom. The van der Waals surface area contributed by atoms with Crippen LogP contribution < -0.4 is 0 Å². The van der Waals surface area contributed by atoms with Crippen LogP contribution in [0.1, 0.15) is 32.6 Å². The van der Waals surface area contributed by atoms with E-state index in [1.807, 2.05) is 0 Å². The van der Waals surface area contributed by atoms with Crippen LogP contribution in [-0.2, 0) is 9.53 Å².